The topological polar surface area (TPSA) is 42.2 Å². The molecular weight excluding hydrogens is 367 g/mol. The zero-order valence-electron chi connectivity index (χ0n) is 13.5. The summed E-state index contributed by atoms with van der Waals surface area (Å²) in [5, 5.41) is 2.89. The highest BCUT2D eigenvalue weighted by molar-refractivity contribution is 6.30. The van der Waals surface area contributed by atoms with Crippen molar-refractivity contribution in [2.24, 2.45) is 0 Å². The summed E-state index contributed by atoms with van der Waals surface area (Å²) in [5.74, 6) is -2.31. The predicted molar refractivity (Wildman–Crippen MR) is 93.3 cm³/mol. The largest absolute Gasteiger partial charge is 0.451 e. The Hall–Kier alpha value is -2.73. The maximum absolute atomic E-state index is 13.3. The van der Waals surface area contributed by atoms with Gasteiger partial charge >= 0.3 is 6.18 Å². The molecule has 0 bridgehead atoms. The van der Waals surface area contributed by atoms with Crippen LogP contribution < -0.4 is 5.32 Å². The van der Waals surface area contributed by atoms with Crippen LogP contribution in [0.1, 0.15) is 21.7 Å². The van der Waals surface area contributed by atoms with Gasteiger partial charge in [0.2, 0.25) is 5.76 Å². The lowest BCUT2D eigenvalue weighted by molar-refractivity contribution is -0.153. The van der Waals surface area contributed by atoms with Crippen molar-refractivity contribution in [1.29, 1.82) is 0 Å². The first-order valence-electron chi connectivity index (χ1n) is 7.59. The van der Waals surface area contributed by atoms with Crippen molar-refractivity contribution < 1.29 is 22.4 Å². The number of alkyl halides is 3. The summed E-state index contributed by atoms with van der Waals surface area (Å²) in [6, 6.07) is 13.9. The van der Waals surface area contributed by atoms with E-state index in [9.17, 15) is 18.0 Å². The third kappa shape index (κ3) is 3.91. The number of hydrogen-bond donors (Lipinski definition) is 1. The highest BCUT2D eigenvalue weighted by Gasteiger charge is 2.40. The molecule has 0 fully saturated rings. The molecule has 0 spiro atoms. The van der Waals surface area contributed by atoms with Crippen molar-refractivity contribution in [1.82, 2.24) is 0 Å². The Balaban J connectivity index is 1.97. The molecule has 3 rings (SSSR count). The second-order valence-corrected chi connectivity index (χ2v) is 6.11. The Morgan fingerprint density at radius 1 is 1.04 bits per heavy atom. The Morgan fingerprint density at radius 2 is 1.65 bits per heavy atom. The molecule has 0 unspecified atom stereocenters. The standard InChI is InChI=1S/C19H13ClF3NO2/c1-11-2-8-14(9-3-11)24-18(25)15-10-16(26-17(15)19(21,22)23)12-4-6-13(20)7-5-12/h2-10H,1H3,(H,24,25). The van der Waals surface area contributed by atoms with E-state index in [0.29, 0.717) is 16.3 Å². The van der Waals surface area contributed by atoms with E-state index in [2.05, 4.69) is 5.32 Å². The lowest BCUT2D eigenvalue weighted by Crippen LogP contribution is -2.16. The van der Waals surface area contributed by atoms with E-state index in [0.717, 1.165) is 11.6 Å². The molecule has 26 heavy (non-hydrogen) atoms. The molecule has 1 aromatic heterocycles. The number of aryl methyl sites for hydroxylation is 1. The molecule has 1 amide bonds. The van der Waals surface area contributed by atoms with E-state index < -0.39 is 23.4 Å². The number of carbonyl (C=O) groups excluding carboxylic acids is 1. The summed E-state index contributed by atoms with van der Waals surface area (Å²) in [4.78, 5) is 12.4. The first-order valence-corrected chi connectivity index (χ1v) is 7.97. The van der Waals surface area contributed by atoms with Crippen LogP contribution in [-0.4, -0.2) is 5.91 Å². The van der Waals surface area contributed by atoms with Crippen molar-refractivity contribution in [2.75, 3.05) is 5.32 Å². The van der Waals surface area contributed by atoms with Crippen LogP contribution in [0.25, 0.3) is 11.3 Å². The molecule has 0 aliphatic heterocycles. The van der Waals surface area contributed by atoms with Crippen molar-refractivity contribution in [2.45, 2.75) is 13.1 Å². The molecule has 1 N–H and O–H groups in total. The van der Waals surface area contributed by atoms with Gasteiger partial charge < -0.3 is 9.73 Å². The fraction of sp³-hybridized carbons (Fsp3) is 0.105. The normalized spacial score (nSPS) is 11.4. The Morgan fingerprint density at radius 3 is 2.23 bits per heavy atom. The summed E-state index contributed by atoms with van der Waals surface area (Å²) in [5.41, 5.74) is 1.16. The summed E-state index contributed by atoms with van der Waals surface area (Å²) in [7, 11) is 0. The molecule has 1 heterocycles. The zero-order chi connectivity index (χ0) is 18.9. The van der Waals surface area contributed by atoms with Gasteiger partial charge in [0.15, 0.2) is 0 Å². The third-order valence-corrected chi connectivity index (χ3v) is 3.92. The molecule has 0 radical (unpaired) electrons. The average molecular weight is 380 g/mol. The molecule has 3 aromatic rings. The van der Waals surface area contributed by atoms with E-state index in [4.69, 9.17) is 16.0 Å². The molecule has 0 saturated heterocycles. The number of halogens is 4. The number of amides is 1. The first kappa shape index (κ1) is 18.1. The molecule has 3 nitrogen and oxygen atoms in total. The van der Waals surface area contributed by atoms with E-state index in [1.807, 2.05) is 6.92 Å². The van der Waals surface area contributed by atoms with Gasteiger partial charge in [0.25, 0.3) is 5.91 Å². The number of nitrogens with one attached hydrogen (secondary N) is 1. The lowest BCUT2D eigenvalue weighted by atomic mass is 10.1. The minimum Gasteiger partial charge on any atom is -0.451 e. The van der Waals surface area contributed by atoms with E-state index in [1.54, 1.807) is 24.3 Å². The number of furan rings is 1. The van der Waals surface area contributed by atoms with Crippen molar-refractivity contribution in [3.8, 4) is 11.3 Å². The smallest absolute Gasteiger partial charge is 0.450 e. The highest BCUT2D eigenvalue weighted by Crippen LogP contribution is 2.37. The van der Waals surface area contributed by atoms with Crippen LogP contribution in [0, 0.1) is 6.92 Å². The van der Waals surface area contributed by atoms with Crippen LogP contribution in [0.5, 0.6) is 0 Å². The van der Waals surface area contributed by atoms with Gasteiger partial charge in [0, 0.05) is 16.3 Å². The van der Waals surface area contributed by atoms with Crippen LogP contribution in [0.2, 0.25) is 5.02 Å². The maximum atomic E-state index is 13.3. The molecule has 2 aromatic carbocycles. The molecular formula is C19H13ClF3NO2. The van der Waals surface area contributed by atoms with Gasteiger partial charge in [-0.2, -0.15) is 13.2 Å². The first-order chi connectivity index (χ1) is 12.2. The minimum atomic E-state index is -4.80. The number of carbonyl (C=O) groups is 1. The highest BCUT2D eigenvalue weighted by atomic mass is 35.5. The van der Waals surface area contributed by atoms with Gasteiger partial charge in [0.05, 0.1) is 5.56 Å². The van der Waals surface area contributed by atoms with Gasteiger partial charge in [0.1, 0.15) is 5.76 Å². The van der Waals surface area contributed by atoms with Gasteiger partial charge in [-0.15, -0.1) is 0 Å². The van der Waals surface area contributed by atoms with Crippen molar-refractivity contribution in [3.05, 3.63) is 76.5 Å². The fourth-order valence-corrected chi connectivity index (χ4v) is 2.49. The third-order valence-electron chi connectivity index (χ3n) is 3.67. The van der Waals surface area contributed by atoms with Gasteiger partial charge in [-0.25, -0.2) is 0 Å². The molecule has 0 atom stereocenters. The van der Waals surface area contributed by atoms with Crippen LogP contribution >= 0.6 is 11.6 Å². The predicted octanol–water partition coefficient (Wildman–Crippen LogP) is 6.18. The molecule has 7 heteroatoms. The molecule has 134 valence electrons. The molecule has 0 saturated carbocycles. The Kier molecular flexibility index (Phi) is 4.78. The van der Waals surface area contributed by atoms with Gasteiger partial charge in [-0.05, 0) is 49.4 Å². The number of rotatable bonds is 3. The van der Waals surface area contributed by atoms with E-state index >= 15 is 0 Å². The average Bonchev–Trinajstić information content (AvgIpc) is 3.03. The molecule has 0 aliphatic rings. The quantitative estimate of drug-likeness (QED) is 0.590. The van der Waals surface area contributed by atoms with Crippen molar-refractivity contribution >= 4 is 23.2 Å². The maximum Gasteiger partial charge on any atom is 0.450 e. The van der Waals surface area contributed by atoms with E-state index in [-0.39, 0.29) is 5.76 Å². The fourth-order valence-electron chi connectivity index (χ4n) is 2.36. The Bertz CT molecular complexity index is 929. The second-order valence-electron chi connectivity index (χ2n) is 5.68. The Labute approximate surface area is 152 Å². The number of benzene rings is 2. The van der Waals surface area contributed by atoms with Crippen LogP contribution in [0.15, 0.2) is 59.0 Å². The summed E-state index contributed by atoms with van der Waals surface area (Å²) < 4.78 is 44.9. The number of hydrogen-bond acceptors (Lipinski definition) is 2. The van der Waals surface area contributed by atoms with Crippen LogP contribution in [0.4, 0.5) is 18.9 Å². The second kappa shape index (κ2) is 6.88. The summed E-state index contributed by atoms with van der Waals surface area (Å²) in [6.07, 6.45) is -4.80. The lowest BCUT2D eigenvalue weighted by Gasteiger charge is -2.07. The number of anilines is 1. The van der Waals surface area contributed by atoms with E-state index in [1.165, 1.54) is 24.3 Å². The van der Waals surface area contributed by atoms with Gasteiger partial charge in [-0.3, -0.25) is 4.79 Å². The summed E-state index contributed by atoms with van der Waals surface area (Å²) >= 11 is 5.79. The SMILES string of the molecule is Cc1ccc(NC(=O)c2cc(-c3ccc(Cl)cc3)oc2C(F)(F)F)cc1. The zero-order valence-corrected chi connectivity index (χ0v) is 14.3. The van der Waals surface area contributed by atoms with Crippen LogP contribution in [-0.2, 0) is 6.18 Å². The van der Waals surface area contributed by atoms with Gasteiger partial charge in [-0.1, -0.05) is 29.3 Å². The monoisotopic (exact) mass is 379 g/mol. The minimum absolute atomic E-state index is 0.0666. The van der Waals surface area contributed by atoms with Crippen molar-refractivity contribution in [3.63, 3.8) is 0 Å². The summed E-state index contributed by atoms with van der Waals surface area (Å²) in [6.45, 7) is 1.86. The van der Waals surface area contributed by atoms with Crippen LogP contribution in [0.3, 0.4) is 0 Å². The molecule has 0 aliphatic carbocycles.